The molecule has 0 aliphatic carbocycles. The number of piperazine rings is 1. The summed E-state index contributed by atoms with van der Waals surface area (Å²) in [5.41, 5.74) is 1.71. The van der Waals surface area contributed by atoms with Crippen molar-refractivity contribution < 1.29 is 17.9 Å². The van der Waals surface area contributed by atoms with Crippen molar-refractivity contribution in [1.82, 2.24) is 14.3 Å². The van der Waals surface area contributed by atoms with Crippen molar-refractivity contribution in [3.05, 3.63) is 69.3 Å². The van der Waals surface area contributed by atoms with E-state index in [4.69, 9.17) is 14.7 Å². The van der Waals surface area contributed by atoms with E-state index in [1.165, 1.54) is 17.5 Å². The molecule has 3 heterocycles. The molecule has 0 spiro atoms. The van der Waals surface area contributed by atoms with Crippen LogP contribution in [0.2, 0.25) is 0 Å². The maximum Gasteiger partial charge on any atom is 0.349 e. The van der Waals surface area contributed by atoms with Gasteiger partial charge in [0.15, 0.2) is 5.82 Å². The molecule has 8 nitrogen and oxygen atoms in total. The van der Waals surface area contributed by atoms with Crippen LogP contribution in [0, 0.1) is 0 Å². The van der Waals surface area contributed by atoms with Crippen LogP contribution in [0.1, 0.15) is 9.67 Å². The first-order valence-corrected chi connectivity index (χ1v) is 13.9. The van der Waals surface area contributed by atoms with E-state index in [0.717, 1.165) is 38.1 Å². The highest BCUT2D eigenvalue weighted by molar-refractivity contribution is 9.10. The number of methoxy groups -OCH3 is 1. The molecule has 2 aromatic heterocycles. The number of halogens is 1. The molecule has 0 bridgehead atoms. The smallest absolute Gasteiger partial charge is 0.349 e. The van der Waals surface area contributed by atoms with E-state index in [-0.39, 0.29) is 22.9 Å². The topological polar surface area (TPSA) is 92.7 Å². The monoisotopic (exact) mass is 572 g/mol. The molecule has 11 heteroatoms. The van der Waals surface area contributed by atoms with Gasteiger partial charge < -0.3 is 9.64 Å². The Hall–Kier alpha value is -2.86. The molecule has 0 unspecified atom stereocenters. The fraction of sp³-hybridized carbons (Fsp3) is 0.208. The van der Waals surface area contributed by atoms with Gasteiger partial charge in [0.25, 0.3) is 0 Å². The first-order chi connectivity index (χ1) is 16.9. The molecule has 0 radical (unpaired) electrons. The summed E-state index contributed by atoms with van der Waals surface area (Å²) >= 11 is 4.57. The van der Waals surface area contributed by atoms with Crippen LogP contribution in [-0.4, -0.2) is 61.9 Å². The quantitative estimate of drug-likeness (QED) is 0.327. The third-order valence-corrected chi connectivity index (χ3v) is 9.28. The van der Waals surface area contributed by atoms with Gasteiger partial charge in [0.1, 0.15) is 15.6 Å². The van der Waals surface area contributed by atoms with E-state index in [9.17, 15) is 13.2 Å². The average Bonchev–Trinajstić information content (AvgIpc) is 3.39. The Balaban J connectivity index is 1.44. The summed E-state index contributed by atoms with van der Waals surface area (Å²) in [5, 5.41) is 2.50. The normalized spacial score (nSPS) is 14.9. The highest BCUT2D eigenvalue weighted by Gasteiger charge is 2.33. The number of carbonyl (C=O) groups is 1. The number of aromatic nitrogens is 2. The van der Waals surface area contributed by atoms with Crippen molar-refractivity contribution in [2.75, 3.05) is 38.2 Å². The summed E-state index contributed by atoms with van der Waals surface area (Å²) in [6.45, 7) is 1.44. The first kappa shape index (κ1) is 23.9. The number of thiophene rings is 1. The Morgan fingerprint density at radius 1 is 1.03 bits per heavy atom. The molecule has 0 amide bonds. The Morgan fingerprint density at radius 2 is 1.80 bits per heavy atom. The lowest BCUT2D eigenvalue weighted by Gasteiger charge is -2.35. The van der Waals surface area contributed by atoms with Crippen molar-refractivity contribution in [1.29, 1.82) is 0 Å². The van der Waals surface area contributed by atoms with Crippen LogP contribution in [0.25, 0.3) is 22.3 Å². The Morgan fingerprint density at radius 3 is 2.54 bits per heavy atom. The highest BCUT2D eigenvalue weighted by Crippen LogP contribution is 2.31. The number of rotatable bonds is 5. The maximum atomic E-state index is 13.3. The van der Waals surface area contributed by atoms with Gasteiger partial charge in [-0.3, -0.25) is 0 Å². The summed E-state index contributed by atoms with van der Waals surface area (Å²) in [7, 11) is -2.59. The number of fused-ring (bicyclic) bond motifs is 1. The van der Waals surface area contributed by atoms with Crippen molar-refractivity contribution in [3.8, 4) is 11.4 Å². The fourth-order valence-corrected chi connectivity index (χ4v) is 7.21. The van der Waals surface area contributed by atoms with Crippen LogP contribution in [0.3, 0.4) is 0 Å². The number of sulfonamides is 1. The molecule has 2 aromatic carbocycles. The van der Waals surface area contributed by atoms with Crippen LogP contribution in [0.5, 0.6) is 0 Å². The van der Waals surface area contributed by atoms with Crippen molar-refractivity contribution in [2.45, 2.75) is 4.90 Å². The average molecular weight is 573 g/mol. The number of carbonyl (C=O) groups excluding carboxylic acids is 1. The van der Waals surface area contributed by atoms with E-state index < -0.39 is 16.0 Å². The summed E-state index contributed by atoms with van der Waals surface area (Å²) in [6.07, 6.45) is 0. The molecule has 35 heavy (non-hydrogen) atoms. The number of benzene rings is 2. The number of nitrogens with zero attached hydrogens (tertiary/aromatic N) is 4. The van der Waals surface area contributed by atoms with Gasteiger partial charge in [-0.25, -0.2) is 23.2 Å². The number of hydrogen-bond acceptors (Lipinski definition) is 8. The molecule has 1 saturated heterocycles. The molecule has 0 N–H and O–H groups in total. The van der Waals surface area contributed by atoms with Gasteiger partial charge in [0, 0.05) is 41.6 Å². The predicted octanol–water partition coefficient (Wildman–Crippen LogP) is 4.42. The van der Waals surface area contributed by atoms with E-state index in [1.807, 2.05) is 48.5 Å². The molecule has 4 aromatic rings. The van der Waals surface area contributed by atoms with Gasteiger partial charge in [-0.15, -0.1) is 11.3 Å². The molecular formula is C24H21BrN4O4S2. The predicted molar refractivity (Wildman–Crippen MR) is 139 cm³/mol. The summed E-state index contributed by atoms with van der Waals surface area (Å²) in [4.78, 5) is 23.9. The molecule has 0 saturated carbocycles. The minimum atomic E-state index is -3.83. The molecule has 180 valence electrons. The largest absolute Gasteiger partial charge is 0.465 e. The zero-order valence-electron chi connectivity index (χ0n) is 18.7. The lowest BCUT2D eigenvalue weighted by molar-refractivity contribution is 0.0602. The second-order valence-corrected chi connectivity index (χ2v) is 11.6. The van der Waals surface area contributed by atoms with E-state index in [1.54, 1.807) is 5.38 Å². The van der Waals surface area contributed by atoms with E-state index in [2.05, 4.69) is 20.8 Å². The SMILES string of the molecule is COC(=O)c1sccc1S(=O)(=O)N1CCN(c2nc(-c3cccc(Br)c3)nc3ccccc23)CC1. The molecular weight excluding hydrogens is 552 g/mol. The minimum Gasteiger partial charge on any atom is -0.465 e. The number of anilines is 1. The number of ether oxygens (including phenoxy) is 1. The number of para-hydroxylation sites is 1. The lowest BCUT2D eigenvalue weighted by atomic mass is 10.1. The van der Waals surface area contributed by atoms with E-state index in [0.29, 0.717) is 18.9 Å². The van der Waals surface area contributed by atoms with Gasteiger partial charge >= 0.3 is 5.97 Å². The highest BCUT2D eigenvalue weighted by atomic mass is 79.9. The number of esters is 1. The van der Waals surface area contributed by atoms with Crippen LogP contribution in [0.4, 0.5) is 5.82 Å². The first-order valence-electron chi connectivity index (χ1n) is 10.8. The van der Waals surface area contributed by atoms with E-state index >= 15 is 0 Å². The van der Waals surface area contributed by atoms with Crippen LogP contribution >= 0.6 is 27.3 Å². The standard InChI is InChI=1S/C24H21BrN4O4S2/c1-33-24(30)21-20(9-14-34-21)35(31,32)29-12-10-28(11-13-29)23-18-7-2-3-8-19(18)26-22(27-23)16-5-4-6-17(25)15-16/h2-9,14-15H,10-13H2,1H3. The molecule has 1 fully saturated rings. The van der Waals surface area contributed by atoms with Crippen LogP contribution < -0.4 is 4.90 Å². The third kappa shape index (κ3) is 4.56. The fourth-order valence-electron chi connectivity index (χ4n) is 4.08. The summed E-state index contributed by atoms with van der Waals surface area (Å²) in [5.74, 6) is 0.731. The minimum absolute atomic E-state index is 0.00720. The Bertz CT molecular complexity index is 1510. The van der Waals surface area contributed by atoms with Crippen LogP contribution in [-0.2, 0) is 14.8 Å². The lowest BCUT2D eigenvalue weighted by Crippen LogP contribution is -2.49. The van der Waals surface area contributed by atoms with Gasteiger partial charge in [0.05, 0.1) is 12.6 Å². The molecule has 1 aliphatic heterocycles. The second-order valence-electron chi connectivity index (χ2n) is 7.90. The summed E-state index contributed by atoms with van der Waals surface area (Å²) in [6, 6.07) is 17.1. The van der Waals surface area contributed by atoms with Crippen LogP contribution in [0.15, 0.2) is 69.3 Å². The van der Waals surface area contributed by atoms with Crippen molar-refractivity contribution in [2.24, 2.45) is 0 Å². The zero-order valence-corrected chi connectivity index (χ0v) is 21.9. The second kappa shape index (κ2) is 9.65. The molecule has 5 rings (SSSR count). The Labute approximate surface area is 215 Å². The van der Waals surface area contributed by atoms with Gasteiger partial charge in [-0.1, -0.05) is 40.2 Å². The number of hydrogen-bond donors (Lipinski definition) is 0. The maximum absolute atomic E-state index is 13.3. The Kier molecular flexibility index (Phi) is 6.58. The molecule has 0 atom stereocenters. The summed E-state index contributed by atoms with van der Waals surface area (Å²) < 4.78 is 33.7. The zero-order chi connectivity index (χ0) is 24.6. The van der Waals surface area contributed by atoms with Gasteiger partial charge in [-0.2, -0.15) is 4.31 Å². The van der Waals surface area contributed by atoms with Gasteiger partial charge in [0.2, 0.25) is 10.0 Å². The molecule has 1 aliphatic rings. The third-order valence-electron chi connectivity index (χ3n) is 5.82. The van der Waals surface area contributed by atoms with Crippen molar-refractivity contribution >= 4 is 60.0 Å². The van der Waals surface area contributed by atoms with Gasteiger partial charge in [-0.05, 0) is 35.7 Å². The van der Waals surface area contributed by atoms with Crippen molar-refractivity contribution in [3.63, 3.8) is 0 Å².